The van der Waals surface area contributed by atoms with E-state index in [1.807, 2.05) is 26.0 Å². The van der Waals surface area contributed by atoms with Gasteiger partial charge in [0.05, 0.1) is 13.3 Å². The second-order valence-electron chi connectivity index (χ2n) is 5.31. The molecule has 0 aliphatic rings. The van der Waals surface area contributed by atoms with Gasteiger partial charge in [-0.25, -0.2) is 5.43 Å². The number of methoxy groups -OCH3 is 1. The van der Waals surface area contributed by atoms with Crippen molar-refractivity contribution in [1.29, 1.82) is 0 Å². The molecule has 0 unspecified atom stereocenters. The topological polar surface area (TPSA) is 72.7 Å². The molecule has 1 aromatic heterocycles. The van der Waals surface area contributed by atoms with E-state index in [1.165, 1.54) is 16.8 Å². The van der Waals surface area contributed by atoms with Crippen LogP contribution in [0.3, 0.4) is 0 Å². The number of ether oxygens (including phenoxy) is 1. The summed E-state index contributed by atoms with van der Waals surface area (Å²) in [5.41, 5.74) is 2.76. The van der Waals surface area contributed by atoms with Crippen molar-refractivity contribution < 1.29 is 9.53 Å². The number of carbonyl (C=O) groups is 1. The molecule has 1 heterocycles. The lowest BCUT2D eigenvalue weighted by molar-refractivity contribution is 0.0953. The average Bonchev–Trinajstić information content (AvgIpc) is 2.54. The predicted octanol–water partition coefficient (Wildman–Crippen LogP) is 2.96. The molecule has 0 atom stereocenters. The highest BCUT2D eigenvalue weighted by Crippen LogP contribution is 2.21. The standard InChI is InChI=1S/C17H18BrN3O3/c1-11(2)21-8-4-5-14(17(21)23)16(22)20-19-10-12-9-13(18)6-7-15(12)24-3/h4-11H,1-3H3,(H,20,22)/b19-10-. The zero-order chi connectivity index (χ0) is 17.7. The summed E-state index contributed by atoms with van der Waals surface area (Å²) in [5, 5.41) is 3.91. The number of rotatable bonds is 5. The van der Waals surface area contributed by atoms with Gasteiger partial charge in [0.25, 0.3) is 11.5 Å². The zero-order valence-electron chi connectivity index (χ0n) is 13.6. The minimum atomic E-state index is -0.555. The monoisotopic (exact) mass is 391 g/mol. The van der Waals surface area contributed by atoms with Crippen molar-refractivity contribution in [3.05, 3.63) is 62.5 Å². The number of nitrogens with zero attached hydrogens (tertiary/aromatic N) is 2. The fourth-order valence-electron chi connectivity index (χ4n) is 2.12. The van der Waals surface area contributed by atoms with Crippen LogP contribution < -0.4 is 15.7 Å². The summed E-state index contributed by atoms with van der Waals surface area (Å²) in [5.74, 6) is 0.0679. The maximum Gasteiger partial charge on any atom is 0.276 e. The van der Waals surface area contributed by atoms with Gasteiger partial charge in [0.2, 0.25) is 0 Å². The summed E-state index contributed by atoms with van der Waals surface area (Å²) in [4.78, 5) is 24.4. The first-order valence-corrected chi connectivity index (χ1v) is 8.11. The van der Waals surface area contributed by atoms with Crippen LogP contribution in [0, 0.1) is 0 Å². The molecule has 0 aliphatic carbocycles. The van der Waals surface area contributed by atoms with E-state index >= 15 is 0 Å². The molecule has 0 fully saturated rings. The summed E-state index contributed by atoms with van der Waals surface area (Å²) in [7, 11) is 1.55. The van der Waals surface area contributed by atoms with E-state index < -0.39 is 5.91 Å². The van der Waals surface area contributed by atoms with Gasteiger partial charge in [-0.1, -0.05) is 15.9 Å². The second kappa shape index (κ2) is 7.92. The van der Waals surface area contributed by atoms with E-state index in [2.05, 4.69) is 26.5 Å². The molecule has 2 rings (SSSR count). The number of hydrogen-bond donors (Lipinski definition) is 1. The largest absolute Gasteiger partial charge is 0.496 e. The average molecular weight is 392 g/mol. The van der Waals surface area contributed by atoms with Crippen LogP contribution >= 0.6 is 15.9 Å². The number of hydrogen-bond acceptors (Lipinski definition) is 4. The third-order valence-electron chi connectivity index (χ3n) is 3.34. The first-order valence-electron chi connectivity index (χ1n) is 7.32. The molecule has 0 bridgehead atoms. The highest BCUT2D eigenvalue weighted by atomic mass is 79.9. The smallest absolute Gasteiger partial charge is 0.276 e. The Kier molecular flexibility index (Phi) is 5.92. The maximum atomic E-state index is 12.3. The van der Waals surface area contributed by atoms with Crippen LogP contribution in [0.5, 0.6) is 5.75 Å². The van der Waals surface area contributed by atoms with Crippen molar-refractivity contribution in [2.75, 3.05) is 7.11 Å². The number of nitrogens with one attached hydrogen (secondary N) is 1. The predicted molar refractivity (Wildman–Crippen MR) is 96.8 cm³/mol. The highest BCUT2D eigenvalue weighted by molar-refractivity contribution is 9.10. The zero-order valence-corrected chi connectivity index (χ0v) is 15.2. The third kappa shape index (κ3) is 4.11. The number of hydrazone groups is 1. The van der Waals surface area contributed by atoms with Gasteiger partial charge in [0.15, 0.2) is 0 Å². The SMILES string of the molecule is COc1ccc(Br)cc1/C=N\NC(=O)c1cccn(C(C)C)c1=O. The van der Waals surface area contributed by atoms with Crippen LogP contribution in [-0.2, 0) is 0 Å². The Hall–Kier alpha value is -2.41. The lowest BCUT2D eigenvalue weighted by Gasteiger charge is -2.10. The Balaban J connectivity index is 2.19. The van der Waals surface area contributed by atoms with Crippen molar-refractivity contribution >= 4 is 28.1 Å². The van der Waals surface area contributed by atoms with Gasteiger partial charge in [-0.05, 0) is 44.2 Å². The number of benzene rings is 1. The lowest BCUT2D eigenvalue weighted by atomic mass is 10.2. The first kappa shape index (κ1) is 17.9. The molecule has 0 saturated carbocycles. The van der Waals surface area contributed by atoms with Gasteiger partial charge in [-0.2, -0.15) is 5.10 Å². The lowest BCUT2D eigenvalue weighted by Crippen LogP contribution is -2.31. The van der Waals surface area contributed by atoms with E-state index in [-0.39, 0.29) is 17.2 Å². The summed E-state index contributed by atoms with van der Waals surface area (Å²) >= 11 is 3.37. The van der Waals surface area contributed by atoms with Gasteiger partial charge in [0.1, 0.15) is 11.3 Å². The third-order valence-corrected chi connectivity index (χ3v) is 3.83. The van der Waals surface area contributed by atoms with E-state index in [9.17, 15) is 9.59 Å². The van der Waals surface area contributed by atoms with Crippen molar-refractivity contribution in [3.63, 3.8) is 0 Å². The van der Waals surface area contributed by atoms with Crippen molar-refractivity contribution in [3.8, 4) is 5.75 Å². The van der Waals surface area contributed by atoms with Crippen LogP contribution in [0.15, 0.2) is 50.9 Å². The summed E-state index contributed by atoms with van der Waals surface area (Å²) in [6.07, 6.45) is 3.12. The Bertz CT molecular complexity index is 828. The fourth-order valence-corrected chi connectivity index (χ4v) is 2.50. The Labute approximate surface area is 148 Å². The number of amides is 1. The van der Waals surface area contributed by atoms with E-state index in [1.54, 1.807) is 25.4 Å². The van der Waals surface area contributed by atoms with Crippen molar-refractivity contribution in [2.45, 2.75) is 19.9 Å². The van der Waals surface area contributed by atoms with Crippen LogP contribution in [-0.4, -0.2) is 23.8 Å². The van der Waals surface area contributed by atoms with Crippen LogP contribution in [0.2, 0.25) is 0 Å². The molecular weight excluding hydrogens is 374 g/mol. The van der Waals surface area contributed by atoms with Gasteiger partial charge in [0, 0.05) is 22.3 Å². The number of carbonyl (C=O) groups excluding carboxylic acids is 1. The van der Waals surface area contributed by atoms with Gasteiger partial charge >= 0.3 is 0 Å². The van der Waals surface area contributed by atoms with Crippen molar-refractivity contribution in [2.24, 2.45) is 5.10 Å². The molecular formula is C17H18BrN3O3. The minimum Gasteiger partial charge on any atom is -0.496 e. The molecule has 2 aromatic rings. The van der Waals surface area contributed by atoms with Crippen LogP contribution in [0.4, 0.5) is 0 Å². The maximum absolute atomic E-state index is 12.3. The highest BCUT2D eigenvalue weighted by Gasteiger charge is 2.12. The molecule has 24 heavy (non-hydrogen) atoms. The normalized spacial score (nSPS) is 11.0. The molecule has 0 saturated heterocycles. The van der Waals surface area contributed by atoms with E-state index in [0.29, 0.717) is 11.3 Å². The van der Waals surface area contributed by atoms with E-state index in [4.69, 9.17) is 4.74 Å². The van der Waals surface area contributed by atoms with E-state index in [0.717, 1.165) is 4.47 Å². The first-order chi connectivity index (χ1) is 11.4. The summed E-state index contributed by atoms with van der Waals surface area (Å²) in [6.45, 7) is 3.75. The Morgan fingerprint density at radius 2 is 2.12 bits per heavy atom. The van der Waals surface area contributed by atoms with Crippen molar-refractivity contribution in [1.82, 2.24) is 9.99 Å². The number of aromatic nitrogens is 1. The minimum absolute atomic E-state index is 0.0281. The van der Waals surface area contributed by atoms with Gasteiger partial charge < -0.3 is 9.30 Å². The molecule has 6 nitrogen and oxygen atoms in total. The van der Waals surface area contributed by atoms with Crippen LogP contribution in [0.25, 0.3) is 0 Å². The molecule has 0 radical (unpaired) electrons. The quantitative estimate of drug-likeness (QED) is 0.628. The Morgan fingerprint density at radius 3 is 2.79 bits per heavy atom. The molecule has 0 spiro atoms. The molecule has 126 valence electrons. The van der Waals surface area contributed by atoms with Gasteiger partial charge in [-0.3, -0.25) is 9.59 Å². The number of halogens is 1. The Morgan fingerprint density at radius 1 is 1.38 bits per heavy atom. The molecule has 0 aliphatic heterocycles. The second-order valence-corrected chi connectivity index (χ2v) is 6.23. The fraction of sp³-hybridized carbons (Fsp3) is 0.235. The molecule has 1 amide bonds. The number of pyridine rings is 1. The summed E-state index contributed by atoms with van der Waals surface area (Å²) in [6, 6.07) is 8.55. The summed E-state index contributed by atoms with van der Waals surface area (Å²) < 4.78 is 7.58. The molecule has 1 aromatic carbocycles. The molecule has 1 N–H and O–H groups in total. The van der Waals surface area contributed by atoms with Gasteiger partial charge in [-0.15, -0.1) is 0 Å². The van der Waals surface area contributed by atoms with Crippen LogP contribution in [0.1, 0.15) is 35.8 Å². The molecule has 7 heteroatoms.